The molecular weight excluding hydrogens is 204 g/mol. The van der Waals surface area contributed by atoms with Gasteiger partial charge in [0.15, 0.2) is 0 Å². The SMILES string of the molecule is Cc1cccc(-c2ccc3cccccc2-3)c1. The summed E-state index contributed by atoms with van der Waals surface area (Å²) in [5, 5.41) is 0. The maximum absolute atomic E-state index is 2.24. The predicted octanol–water partition coefficient (Wildman–Crippen LogP) is 4.77. The lowest BCUT2D eigenvalue weighted by atomic mass is 10.0. The average molecular weight is 218 g/mol. The van der Waals surface area contributed by atoms with Crippen molar-refractivity contribution in [2.45, 2.75) is 6.92 Å². The van der Waals surface area contributed by atoms with E-state index in [1.54, 1.807) is 0 Å². The monoisotopic (exact) mass is 218 g/mol. The first-order chi connectivity index (χ1) is 8.34. The topological polar surface area (TPSA) is 0 Å². The Morgan fingerprint density at radius 3 is 2.24 bits per heavy atom. The van der Waals surface area contributed by atoms with E-state index in [9.17, 15) is 0 Å². The third kappa shape index (κ3) is 1.83. The summed E-state index contributed by atoms with van der Waals surface area (Å²) in [7, 11) is 0. The Kier molecular flexibility index (Phi) is 2.41. The number of aryl methyl sites for hydroxylation is 1. The molecule has 0 nitrogen and oxygen atoms in total. The molecule has 82 valence electrons. The lowest BCUT2D eigenvalue weighted by Gasteiger charge is -2.03. The molecule has 0 saturated carbocycles. The first kappa shape index (κ1) is 10.1. The molecule has 0 spiro atoms. The van der Waals surface area contributed by atoms with Crippen molar-refractivity contribution in [2.24, 2.45) is 0 Å². The van der Waals surface area contributed by atoms with Crippen LogP contribution in [0.5, 0.6) is 0 Å². The fraction of sp³-hybridized carbons (Fsp3) is 0.0588. The lowest BCUT2D eigenvalue weighted by molar-refractivity contribution is 1.47. The van der Waals surface area contributed by atoms with Gasteiger partial charge in [-0.15, -0.1) is 0 Å². The van der Waals surface area contributed by atoms with Crippen molar-refractivity contribution in [1.29, 1.82) is 0 Å². The zero-order valence-corrected chi connectivity index (χ0v) is 9.85. The fourth-order valence-electron chi connectivity index (χ4n) is 2.28. The number of rotatable bonds is 1. The smallest absolute Gasteiger partial charge is 0.0105 e. The van der Waals surface area contributed by atoms with Gasteiger partial charge in [-0.25, -0.2) is 0 Å². The Morgan fingerprint density at radius 1 is 0.588 bits per heavy atom. The van der Waals surface area contributed by atoms with Crippen molar-refractivity contribution in [1.82, 2.24) is 0 Å². The first-order valence-electron chi connectivity index (χ1n) is 5.89. The minimum Gasteiger partial charge on any atom is -0.0622 e. The molecular formula is C17H14. The van der Waals surface area contributed by atoms with Crippen LogP contribution in [0.2, 0.25) is 0 Å². The van der Waals surface area contributed by atoms with Crippen LogP contribution in [-0.4, -0.2) is 0 Å². The molecule has 0 radical (unpaired) electrons. The highest BCUT2D eigenvalue weighted by Crippen LogP contribution is 2.34. The van der Waals surface area contributed by atoms with Crippen LogP contribution in [0.3, 0.4) is 0 Å². The van der Waals surface area contributed by atoms with Gasteiger partial charge in [0, 0.05) is 0 Å². The Balaban J connectivity index is 2.21. The number of hydrogen-bond donors (Lipinski definition) is 0. The van der Waals surface area contributed by atoms with Gasteiger partial charge in [-0.2, -0.15) is 0 Å². The third-order valence-corrected chi connectivity index (χ3v) is 3.12. The van der Waals surface area contributed by atoms with Crippen molar-refractivity contribution < 1.29 is 0 Å². The van der Waals surface area contributed by atoms with Gasteiger partial charge in [0.25, 0.3) is 0 Å². The van der Waals surface area contributed by atoms with Gasteiger partial charge in [0.1, 0.15) is 0 Å². The van der Waals surface area contributed by atoms with E-state index in [1.807, 2.05) is 0 Å². The van der Waals surface area contributed by atoms with Gasteiger partial charge < -0.3 is 0 Å². The van der Waals surface area contributed by atoms with Crippen LogP contribution in [0.25, 0.3) is 22.3 Å². The van der Waals surface area contributed by atoms with Crippen LogP contribution >= 0.6 is 0 Å². The van der Waals surface area contributed by atoms with E-state index in [2.05, 4.69) is 73.7 Å². The molecule has 2 aliphatic carbocycles. The van der Waals surface area contributed by atoms with Crippen LogP contribution in [0, 0.1) is 6.92 Å². The average Bonchev–Trinajstić information content (AvgIpc) is 2.59. The van der Waals surface area contributed by atoms with Gasteiger partial charge in [0.05, 0.1) is 0 Å². The highest BCUT2D eigenvalue weighted by Gasteiger charge is 2.08. The maximum atomic E-state index is 2.24. The van der Waals surface area contributed by atoms with Crippen molar-refractivity contribution >= 4 is 0 Å². The van der Waals surface area contributed by atoms with Gasteiger partial charge in [-0.05, 0) is 29.2 Å². The Bertz CT molecular complexity index is 623. The predicted molar refractivity (Wildman–Crippen MR) is 73.2 cm³/mol. The largest absolute Gasteiger partial charge is 0.0622 e. The van der Waals surface area contributed by atoms with Gasteiger partial charge in [-0.3, -0.25) is 0 Å². The quantitative estimate of drug-likeness (QED) is 0.552. The fourth-order valence-corrected chi connectivity index (χ4v) is 2.28. The van der Waals surface area contributed by atoms with Crippen molar-refractivity contribution in [3.63, 3.8) is 0 Å². The molecule has 0 N–H and O–H groups in total. The van der Waals surface area contributed by atoms with Gasteiger partial charge in [0.2, 0.25) is 0 Å². The van der Waals surface area contributed by atoms with Crippen LogP contribution in [0.4, 0.5) is 0 Å². The summed E-state index contributed by atoms with van der Waals surface area (Å²) in [5.74, 6) is 0. The van der Waals surface area contributed by atoms with Crippen molar-refractivity contribution in [2.75, 3.05) is 0 Å². The molecule has 0 amide bonds. The normalized spacial score (nSPS) is 10.6. The molecule has 0 heterocycles. The Labute approximate surface area is 102 Å². The lowest BCUT2D eigenvalue weighted by Crippen LogP contribution is -1.78. The molecule has 3 rings (SSSR count). The second-order valence-corrected chi connectivity index (χ2v) is 4.40. The molecule has 0 aromatic heterocycles. The molecule has 2 aliphatic rings. The second kappa shape index (κ2) is 4.06. The summed E-state index contributed by atoms with van der Waals surface area (Å²) >= 11 is 0. The van der Waals surface area contributed by atoms with E-state index < -0.39 is 0 Å². The molecule has 0 unspecified atom stereocenters. The van der Waals surface area contributed by atoms with Crippen LogP contribution in [0.15, 0.2) is 66.7 Å². The standard InChI is InChI=1S/C17H14/c1-13-6-5-8-15(12-13)17-11-10-14-7-3-2-4-9-16(14)17/h2-12H,1H3. The highest BCUT2D eigenvalue weighted by molar-refractivity contribution is 5.86. The summed E-state index contributed by atoms with van der Waals surface area (Å²) in [6.45, 7) is 2.13. The minimum atomic E-state index is 1.30. The summed E-state index contributed by atoms with van der Waals surface area (Å²) in [5.41, 5.74) is 6.54. The molecule has 0 saturated heterocycles. The number of benzene rings is 1. The molecule has 0 atom stereocenters. The van der Waals surface area contributed by atoms with E-state index in [4.69, 9.17) is 0 Å². The maximum Gasteiger partial charge on any atom is -0.0105 e. The Hall–Kier alpha value is -2.08. The van der Waals surface area contributed by atoms with E-state index in [1.165, 1.54) is 27.8 Å². The summed E-state index contributed by atoms with van der Waals surface area (Å²) < 4.78 is 0. The summed E-state index contributed by atoms with van der Waals surface area (Å²) in [4.78, 5) is 0. The van der Waals surface area contributed by atoms with E-state index in [0.29, 0.717) is 0 Å². The molecule has 1 aromatic carbocycles. The summed E-state index contributed by atoms with van der Waals surface area (Å²) in [6, 6.07) is 23.7. The molecule has 0 heteroatoms. The van der Waals surface area contributed by atoms with E-state index in [0.717, 1.165) is 0 Å². The van der Waals surface area contributed by atoms with Gasteiger partial charge in [-0.1, -0.05) is 72.3 Å². The van der Waals surface area contributed by atoms with Crippen molar-refractivity contribution in [3.8, 4) is 22.3 Å². The molecule has 0 aliphatic heterocycles. The van der Waals surface area contributed by atoms with E-state index in [-0.39, 0.29) is 0 Å². The van der Waals surface area contributed by atoms with Crippen molar-refractivity contribution in [3.05, 3.63) is 72.3 Å². The molecule has 17 heavy (non-hydrogen) atoms. The number of hydrogen-bond acceptors (Lipinski definition) is 0. The first-order valence-corrected chi connectivity index (χ1v) is 5.89. The van der Waals surface area contributed by atoms with E-state index >= 15 is 0 Å². The van der Waals surface area contributed by atoms with Crippen LogP contribution in [-0.2, 0) is 0 Å². The third-order valence-electron chi connectivity index (χ3n) is 3.12. The minimum absolute atomic E-state index is 1.30. The van der Waals surface area contributed by atoms with Crippen LogP contribution < -0.4 is 0 Å². The summed E-state index contributed by atoms with van der Waals surface area (Å²) in [6.07, 6.45) is 0. The highest BCUT2D eigenvalue weighted by atomic mass is 14.1. The molecule has 1 aromatic rings. The molecule has 0 fully saturated rings. The molecule has 0 bridgehead atoms. The van der Waals surface area contributed by atoms with Crippen LogP contribution in [0.1, 0.15) is 5.56 Å². The zero-order chi connectivity index (χ0) is 11.7. The number of fused-ring (bicyclic) bond motifs is 1. The van der Waals surface area contributed by atoms with Gasteiger partial charge >= 0.3 is 0 Å². The second-order valence-electron chi connectivity index (χ2n) is 4.40. The zero-order valence-electron chi connectivity index (χ0n) is 9.85. The Morgan fingerprint density at radius 2 is 1.35 bits per heavy atom.